The summed E-state index contributed by atoms with van der Waals surface area (Å²) in [5.74, 6) is 5.60. The van der Waals surface area contributed by atoms with Crippen LogP contribution in [-0.4, -0.2) is 18.0 Å². The quantitative estimate of drug-likeness (QED) is 0.580. The van der Waals surface area contributed by atoms with E-state index >= 15 is 0 Å². The van der Waals surface area contributed by atoms with Crippen LogP contribution in [0.1, 0.15) is 15.9 Å². The lowest BCUT2D eigenvalue weighted by Crippen LogP contribution is -2.24. The molecule has 110 valence electrons. The number of hydrogen-bond donors (Lipinski definition) is 3. The lowest BCUT2D eigenvalue weighted by molar-refractivity contribution is 0.0951. The average Bonchev–Trinajstić information content (AvgIpc) is 2.52. The standard InChI is InChI=1S/C14H15ClN4O2/c1-21-13-6-9(4-5-17-13)8-18-14(20)11-7-10(15)2-3-12(11)19-16/h2-7,19H,8,16H2,1H3,(H,18,20). The van der Waals surface area contributed by atoms with Crippen molar-refractivity contribution in [3.05, 3.63) is 52.7 Å². The SMILES string of the molecule is COc1cc(CNC(=O)c2cc(Cl)ccc2NN)ccn1. The first kappa shape index (κ1) is 15.1. The molecular formula is C14H15ClN4O2. The Morgan fingerprint density at radius 3 is 2.90 bits per heavy atom. The normalized spacial score (nSPS) is 10.0. The molecule has 0 unspecified atom stereocenters. The Labute approximate surface area is 127 Å². The highest BCUT2D eigenvalue weighted by Crippen LogP contribution is 2.20. The largest absolute Gasteiger partial charge is 0.481 e. The van der Waals surface area contributed by atoms with Gasteiger partial charge in [-0.3, -0.25) is 10.6 Å². The van der Waals surface area contributed by atoms with E-state index in [-0.39, 0.29) is 5.91 Å². The van der Waals surface area contributed by atoms with Gasteiger partial charge in [0, 0.05) is 23.8 Å². The Balaban J connectivity index is 2.09. The van der Waals surface area contributed by atoms with Gasteiger partial charge in [0.25, 0.3) is 5.91 Å². The molecule has 1 heterocycles. The zero-order valence-corrected chi connectivity index (χ0v) is 12.1. The van der Waals surface area contributed by atoms with Crippen LogP contribution < -0.4 is 21.3 Å². The summed E-state index contributed by atoms with van der Waals surface area (Å²) in [6, 6.07) is 8.40. The van der Waals surface area contributed by atoms with E-state index < -0.39 is 0 Å². The van der Waals surface area contributed by atoms with E-state index in [2.05, 4.69) is 15.7 Å². The van der Waals surface area contributed by atoms with Crippen molar-refractivity contribution in [2.24, 2.45) is 5.84 Å². The number of anilines is 1. The molecule has 0 aliphatic rings. The molecule has 0 saturated heterocycles. The van der Waals surface area contributed by atoms with Gasteiger partial charge in [-0.2, -0.15) is 0 Å². The van der Waals surface area contributed by atoms with Crippen LogP contribution in [0.15, 0.2) is 36.5 Å². The van der Waals surface area contributed by atoms with E-state index in [1.807, 2.05) is 0 Å². The minimum Gasteiger partial charge on any atom is -0.481 e. The van der Waals surface area contributed by atoms with Crippen LogP contribution in [0.5, 0.6) is 5.88 Å². The van der Waals surface area contributed by atoms with Crippen molar-refractivity contribution in [2.75, 3.05) is 12.5 Å². The summed E-state index contributed by atoms with van der Waals surface area (Å²) in [5, 5.41) is 3.25. The molecule has 0 atom stereocenters. The number of methoxy groups -OCH3 is 1. The van der Waals surface area contributed by atoms with Gasteiger partial charge >= 0.3 is 0 Å². The fourth-order valence-corrected chi connectivity index (χ4v) is 1.95. The zero-order chi connectivity index (χ0) is 15.2. The van der Waals surface area contributed by atoms with E-state index in [0.29, 0.717) is 28.7 Å². The highest BCUT2D eigenvalue weighted by atomic mass is 35.5. The first-order chi connectivity index (χ1) is 10.1. The molecule has 0 spiro atoms. The number of halogens is 1. The molecule has 1 amide bonds. The van der Waals surface area contributed by atoms with Crippen LogP contribution in [0.3, 0.4) is 0 Å². The first-order valence-electron chi connectivity index (χ1n) is 6.17. The van der Waals surface area contributed by atoms with Gasteiger partial charge in [0.2, 0.25) is 5.88 Å². The maximum Gasteiger partial charge on any atom is 0.253 e. The summed E-state index contributed by atoms with van der Waals surface area (Å²) in [7, 11) is 1.54. The minimum atomic E-state index is -0.277. The number of aromatic nitrogens is 1. The van der Waals surface area contributed by atoms with Gasteiger partial charge < -0.3 is 15.5 Å². The second-order valence-electron chi connectivity index (χ2n) is 4.22. The second kappa shape index (κ2) is 6.92. The lowest BCUT2D eigenvalue weighted by Gasteiger charge is -2.10. The summed E-state index contributed by atoms with van der Waals surface area (Å²) < 4.78 is 5.03. The molecule has 7 heteroatoms. The summed E-state index contributed by atoms with van der Waals surface area (Å²) in [6.45, 7) is 0.342. The van der Waals surface area contributed by atoms with E-state index in [1.54, 1.807) is 36.5 Å². The molecule has 4 N–H and O–H groups in total. The number of nitrogens with two attached hydrogens (primary N) is 1. The number of carbonyl (C=O) groups is 1. The number of nitrogens with zero attached hydrogens (tertiary/aromatic N) is 1. The highest BCUT2D eigenvalue weighted by molar-refractivity contribution is 6.31. The van der Waals surface area contributed by atoms with E-state index in [9.17, 15) is 4.79 Å². The molecule has 6 nitrogen and oxygen atoms in total. The Bertz CT molecular complexity index is 649. The van der Waals surface area contributed by atoms with Gasteiger partial charge in [-0.25, -0.2) is 4.98 Å². The number of rotatable bonds is 5. The Hall–Kier alpha value is -2.31. The number of nitrogens with one attached hydrogen (secondary N) is 2. The molecule has 1 aromatic heterocycles. The average molecular weight is 307 g/mol. The van der Waals surface area contributed by atoms with Crippen LogP contribution >= 0.6 is 11.6 Å². The highest BCUT2D eigenvalue weighted by Gasteiger charge is 2.11. The zero-order valence-electron chi connectivity index (χ0n) is 11.4. The van der Waals surface area contributed by atoms with Crippen molar-refractivity contribution < 1.29 is 9.53 Å². The molecule has 21 heavy (non-hydrogen) atoms. The van der Waals surface area contributed by atoms with Gasteiger partial charge in [-0.15, -0.1) is 0 Å². The molecule has 1 aromatic carbocycles. The Morgan fingerprint density at radius 2 is 2.19 bits per heavy atom. The molecule has 0 radical (unpaired) electrons. The van der Waals surface area contributed by atoms with E-state index in [0.717, 1.165) is 5.56 Å². The van der Waals surface area contributed by atoms with E-state index in [1.165, 1.54) is 7.11 Å². The van der Waals surface area contributed by atoms with Gasteiger partial charge in [-0.05, 0) is 29.8 Å². The Morgan fingerprint density at radius 1 is 1.38 bits per heavy atom. The molecule has 0 fully saturated rings. The molecule has 2 aromatic rings. The number of ether oxygens (including phenoxy) is 1. The molecule has 0 saturated carbocycles. The number of nitrogen functional groups attached to an aromatic ring is 1. The van der Waals surface area contributed by atoms with Crippen LogP contribution in [0.2, 0.25) is 5.02 Å². The molecule has 0 bridgehead atoms. The number of pyridine rings is 1. The lowest BCUT2D eigenvalue weighted by atomic mass is 10.1. The fraction of sp³-hybridized carbons (Fsp3) is 0.143. The summed E-state index contributed by atoms with van der Waals surface area (Å²) >= 11 is 5.90. The maximum atomic E-state index is 12.2. The van der Waals surface area contributed by atoms with Gasteiger partial charge in [0.05, 0.1) is 18.4 Å². The Kier molecular flexibility index (Phi) is 4.97. The van der Waals surface area contributed by atoms with E-state index in [4.69, 9.17) is 22.2 Å². The molecule has 2 rings (SSSR count). The number of hydrogen-bond acceptors (Lipinski definition) is 5. The number of amides is 1. The van der Waals surface area contributed by atoms with Crippen molar-refractivity contribution in [2.45, 2.75) is 6.54 Å². The first-order valence-corrected chi connectivity index (χ1v) is 6.55. The predicted octanol–water partition coefficient (Wildman–Crippen LogP) is 1.96. The van der Waals surface area contributed by atoms with Crippen LogP contribution in [0.4, 0.5) is 5.69 Å². The number of carbonyl (C=O) groups excluding carboxylic acids is 1. The van der Waals surface area contributed by atoms with Crippen molar-refractivity contribution in [3.8, 4) is 5.88 Å². The minimum absolute atomic E-state index is 0.277. The van der Waals surface area contributed by atoms with Gasteiger partial charge in [0.1, 0.15) is 0 Å². The monoisotopic (exact) mass is 306 g/mol. The third kappa shape index (κ3) is 3.84. The van der Waals surface area contributed by atoms with Gasteiger partial charge in [0.15, 0.2) is 0 Å². The predicted molar refractivity (Wildman–Crippen MR) is 81.2 cm³/mol. The smallest absolute Gasteiger partial charge is 0.253 e. The molecule has 0 aliphatic heterocycles. The van der Waals surface area contributed by atoms with Crippen molar-refractivity contribution >= 4 is 23.2 Å². The van der Waals surface area contributed by atoms with Crippen molar-refractivity contribution in [3.63, 3.8) is 0 Å². The maximum absolute atomic E-state index is 12.2. The summed E-state index contributed by atoms with van der Waals surface area (Å²) in [4.78, 5) is 16.2. The van der Waals surface area contributed by atoms with Crippen LogP contribution in [0.25, 0.3) is 0 Å². The number of benzene rings is 1. The second-order valence-corrected chi connectivity index (χ2v) is 4.66. The summed E-state index contributed by atoms with van der Waals surface area (Å²) in [5.41, 5.74) is 4.23. The third-order valence-corrected chi connectivity index (χ3v) is 3.08. The summed E-state index contributed by atoms with van der Waals surface area (Å²) in [6.07, 6.45) is 1.62. The fourth-order valence-electron chi connectivity index (χ4n) is 1.78. The topological polar surface area (TPSA) is 89.3 Å². The van der Waals surface area contributed by atoms with Crippen molar-refractivity contribution in [1.29, 1.82) is 0 Å². The molecular weight excluding hydrogens is 292 g/mol. The van der Waals surface area contributed by atoms with Crippen LogP contribution in [-0.2, 0) is 6.54 Å². The van der Waals surface area contributed by atoms with Gasteiger partial charge in [-0.1, -0.05) is 11.6 Å². The molecule has 0 aliphatic carbocycles. The van der Waals surface area contributed by atoms with Crippen molar-refractivity contribution in [1.82, 2.24) is 10.3 Å². The third-order valence-electron chi connectivity index (χ3n) is 2.84. The van der Waals surface area contributed by atoms with Crippen LogP contribution in [0, 0.1) is 0 Å². The number of hydrazine groups is 1.